The van der Waals surface area contributed by atoms with Crippen LogP contribution in [0.15, 0.2) is 22.8 Å². The first-order valence-electron chi connectivity index (χ1n) is 6.41. The summed E-state index contributed by atoms with van der Waals surface area (Å²) in [6.07, 6.45) is 5.93. The third kappa shape index (κ3) is 3.89. The molecule has 18 heavy (non-hydrogen) atoms. The molecule has 1 aliphatic carbocycles. The lowest BCUT2D eigenvalue weighted by Crippen LogP contribution is -2.45. The van der Waals surface area contributed by atoms with E-state index in [1.165, 1.54) is 19.3 Å². The molecule has 3 nitrogen and oxygen atoms in total. The summed E-state index contributed by atoms with van der Waals surface area (Å²) < 4.78 is 5.62. The van der Waals surface area contributed by atoms with Crippen LogP contribution in [0.3, 0.4) is 0 Å². The van der Waals surface area contributed by atoms with Gasteiger partial charge in [0.25, 0.3) is 0 Å². The van der Waals surface area contributed by atoms with Gasteiger partial charge in [0.15, 0.2) is 0 Å². The second kappa shape index (κ2) is 7.39. The van der Waals surface area contributed by atoms with E-state index >= 15 is 0 Å². The van der Waals surface area contributed by atoms with Gasteiger partial charge in [-0.05, 0) is 24.5 Å². The molecular formula is C13H22Cl2N2O. The number of nitrogens with one attached hydrogen (secondary N) is 1. The maximum atomic E-state index is 5.62. The second-order valence-corrected chi connectivity index (χ2v) is 5.00. The first kappa shape index (κ1) is 15.8. The summed E-state index contributed by atoms with van der Waals surface area (Å²) in [6.45, 7) is 4.53. The molecule has 2 aliphatic rings. The molecule has 1 atom stereocenters. The predicted molar refractivity (Wildman–Crippen MR) is 77.7 cm³/mol. The number of nitrogens with zero attached hydrogens (tertiary/aromatic N) is 1. The van der Waals surface area contributed by atoms with E-state index in [2.05, 4.69) is 16.3 Å². The lowest BCUT2D eigenvalue weighted by molar-refractivity contribution is 0.142. The quantitative estimate of drug-likeness (QED) is 0.925. The summed E-state index contributed by atoms with van der Waals surface area (Å²) in [5.41, 5.74) is 0. The molecule has 0 amide bonds. The van der Waals surface area contributed by atoms with Crippen LogP contribution in [-0.2, 0) is 0 Å². The standard InChI is InChI=1S/C13H20N2O.2ClH/c1-2-13(16-9-1)12(10-11-3-4-11)15-7-5-14-6-8-15;;/h1-2,9,11-12,14H,3-8,10H2;2*1H/t12-;;/m1../s1. The summed E-state index contributed by atoms with van der Waals surface area (Å²) in [4.78, 5) is 2.58. The van der Waals surface area contributed by atoms with Crippen LogP contribution in [-0.4, -0.2) is 31.1 Å². The van der Waals surface area contributed by atoms with E-state index < -0.39 is 0 Å². The molecule has 2 fully saturated rings. The Bertz CT molecular complexity index is 322. The molecule has 1 aliphatic heterocycles. The second-order valence-electron chi connectivity index (χ2n) is 5.00. The Balaban J connectivity index is 0.000000810. The maximum Gasteiger partial charge on any atom is 0.120 e. The topological polar surface area (TPSA) is 28.4 Å². The third-order valence-corrected chi connectivity index (χ3v) is 3.72. The van der Waals surface area contributed by atoms with Gasteiger partial charge in [0.05, 0.1) is 12.3 Å². The van der Waals surface area contributed by atoms with Crippen LogP contribution in [0.1, 0.15) is 31.1 Å². The number of rotatable bonds is 4. The highest BCUT2D eigenvalue weighted by Gasteiger charge is 2.31. The van der Waals surface area contributed by atoms with E-state index in [4.69, 9.17) is 4.42 Å². The van der Waals surface area contributed by atoms with Gasteiger partial charge >= 0.3 is 0 Å². The van der Waals surface area contributed by atoms with Gasteiger partial charge in [-0.2, -0.15) is 0 Å². The Morgan fingerprint density at radius 1 is 1.28 bits per heavy atom. The molecule has 5 heteroatoms. The van der Waals surface area contributed by atoms with Crippen LogP contribution in [0, 0.1) is 5.92 Å². The molecule has 1 saturated heterocycles. The van der Waals surface area contributed by atoms with Crippen LogP contribution in [0.4, 0.5) is 0 Å². The van der Waals surface area contributed by atoms with Crippen molar-refractivity contribution in [2.75, 3.05) is 26.2 Å². The average molecular weight is 293 g/mol. The largest absolute Gasteiger partial charge is 0.468 e. The zero-order chi connectivity index (χ0) is 10.8. The highest BCUT2D eigenvalue weighted by molar-refractivity contribution is 5.85. The van der Waals surface area contributed by atoms with Crippen molar-refractivity contribution in [3.8, 4) is 0 Å². The van der Waals surface area contributed by atoms with Crippen LogP contribution < -0.4 is 5.32 Å². The van der Waals surface area contributed by atoms with Crippen LogP contribution in [0.5, 0.6) is 0 Å². The fourth-order valence-corrected chi connectivity index (χ4v) is 2.59. The number of hydrogen-bond donors (Lipinski definition) is 1. The van der Waals surface area contributed by atoms with Crippen molar-refractivity contribution in [1.82, 2.24) is 10.2 Å². The molecule has 0 spiro atoms. The van der Waals surface area contributed by atoms with E-state index in [0.29, 0.717) is 6.04 Å². The molecule has 0 bridgehead atoms. The molecular weight excluding hydrogens is 271 g/mol. The van der Waals surface area contributed by atoms with Gasteiger partial charge in [0.2, 0.25) is 0 Å². The van der Waals surface area contributed by atoms with Gasteiger partial charge in [-0.25, -0.2) is 0 Å². The van der Waals surface area contributed by atoms with Gasteiger partial charge < -0.3 is 9.73 Å². The molecule has 2 heterocycles. The Morgan fingerprint density at radius 3 is 2.56 bits per heavy atom. The first-order chi connectivity index (χ1) is 7.93. The van der Waals surface area contributed by atoms with Gasteiger partial charge in [0, 0.05) is 26.2 Å². The Hall–Kier alpha value is -0.220. The fourth-order valence-electron chi connectivity index (χ4n) is 2.59. The normalized spacial score (nSPS) is 21.8. The third-order valence-electron chi connectivity index (χ3n) is 3.72. The number of piperazine rings is 1. The summed E-state index contributed by atoms with van der Waals surface area (Å²) in [5, 5.41) is 3.41. The molecule has 1 N–H and O–H groups in total. The molecule has 0 unspecified atom stereocenters. The monoisotopic (exact) mass is 292 g/mol. The molecule has 1 aromatic rings. The lowest BCUT2D eigenvalue weighted by atomic mass is 10.1. The van der Waals surface area contributed by atoms with E-state index in [0.717, 1.165) is 37.9 Å². The molecule has 104 valence electrons. The van der Waals surface area contributed by atoms with Crippen LogP contribution >= 0.6 is 24.8 Å². The van der Waals surface area contributed by atoms with Gasteiger partial charge in [-0.3, -0.25) is 4.90 Å². The molecule has 0 aromatic carbocycles. The zero-order valence-electron chi connectivity index (χ0n) is 10.5. The fraction of sp³-hybridized carbons (Fsp3) is 0.692. The van der Waals surface area contributed by atoms with Crippen molar-refractivity contribution >= 4 is 24.8 Å². The zero-order valence-corrected chi connectivity index (χ0v) is 12.1. The molecule has 3 rings (SSSR count). The minimum atomic E-state index is 0. The summed E-state index contributed by atoms with van der Waals surface area (Å²) >= 11 is 0. The smallest absolute Gasteiger partial charge is 0.120 e. The SMILES string of the molecule is Cl.Cl.c1coc([C@@H](CC2CC2)N2CCNCC2)c1. The minimum Gasteiger partial charge on any atom is -0.468 e. The first-order valence-corrected chi connectivity index (χ1v) is 6.41. The van der Waals surface area contributed by atoms with Gasteiger partial charge in [-0.1, -0.05) is 12.8 Å². The van der Waals surface area contributed by atoms with Crippen molar-refractivity contribution in [3.05, 3.63) is 24.2 Å². The molecule has 0 radical (unpaired) electrons. The van der Waals surface area contributed by atoms with Crippen LogP contribution in [0.2, 0.25) is 0 Å². The highest BCUT2D eigenvalue weighted by atomic mass is 35.5. The Kier molecular flexibility index (Phi) is 6.50. The van der Waals surface area contributed by atoms with Crippen molar-refractivity contribution in [3.63, 3.8) is 0 Å². The van der Waals surface area contributed by atoms with Crippen LogP contribution in [0.25, 0.3) is 0 Å². The summed E-state index contributed by atoms with van der Waals surface area (Å²) in [7, 11) is 0. The number of hydrogen-bond acceptors (Lipinski definition) is 3. The van der Waals surface area contributed by atoms with E-state index in [9.17, 15) is 0 Å². The highest BCUT2D eigenvalue weighted by Crippen LogP contribution is 2.40. The van der Waals surface area contributed by atoms with E-state index in [-0.39, 0.29) is 24.8 Å². The van der Waals surface area contributed by atoms with Gasteiger partial charge in [-0.15, -0.1) is 24.8 Å². The van der Waals surface area contributed by atoms with Crippen molar-refractivity contribution < 1.29 is 4.42 Å². The van der Waals surface area contributed by atoms with E-state index in [1.54, 1.807) is 6.26 Å². The van der Waals surface area contributed by atoms with Crippen molar-refractivity contribution in [1.29, 1.82) is 0 Å². The Labute approximate surface area is 121 Å². The Morgan fingerprint density at radius 2 is 2.00 bits per heavy atom. The van der Waals surface area contributed by atoms with Gasteiger partial charge in [0.1, 0.15) is 5.76 Å². The van der Waals surface area contributed by atoms with Crippen molar-refractivity contribution in [2.24, 2.45) is 5.92 Å². The lowest BCUT2D eigenvalue weighted by Gasteiger charge is -2.33. The number of furan rings is 1. The number of halogens is 2. The molecule has 1 aromatic heterocycles. The maximum absolute atomic E-state index is 5.62. The summed E-state index contributed by atoms with van der Waals surface area (Å²) in [5.74, 6) is 2.11. The predicted octanol–water partition coefficient (Wildman–Crippen LogP) is 2.87. The summed E-state index contributed by atoms with van der Waals surface area (Å²) in [6, 6.07) is 4.66. The minimum absolute atomic E-state index is 0. The average Bonchev–Trinajstić information content (AvgIpc) is 3.00. The van der Waals surface area contributed by atoms with Crippen molar-refractivity contribution in [2.45, 2.75) is 25.3 Å². The van der Waals surface area contributed by atoms with E-state index in [1.807, 2.05) is 6.07 Å². The molecule has 1 saturated carbocycles.